The van der Waals surface area contributed by atoms with Gasteiger partial charge in [-0.15, -0.1) is 0 Å². The summed E-state index contributed by atoms with van der Waals surface area (Å²) >= 11 is 6.30. The molecule has 4 heteroatoms. The van der Waals surface area contributed by atoms with E-state index in [0.29, 0.717) is 12.0 Å². The number of pyridine rings is 1. The minimum Gasteiger partial charge on any atom is -0.319 e. The Labute approximate surface area is 124 Å². The van der Waals surface area contributed by atoms with Gasteiger partial charge in [-0.1, -0.05) is 17.7 Å². The number of nitrogens with one attached hydrogen (secondary N) is 1. The van der Waals surface area contributed by atoms with Crippen LogP contribution in [0.3, 0.4) is 0 Å². The van der Waals surface area contributed by atoms with Gasteiger partial charge in [-0.25, -0.2) is 0 Å². The van der Waals surface area contributed by atoms with Crippen LogP contribution in [0.4, 0.5) is 0 Å². The molecule has 1 aromatic heterocycles. The Morgan fingerprint density at radius 2 is 2.25 bits per heavy atom. The lowest BCUT2D eigenvalue weighted by Gasteiger charge is -2.26. The molecule has 0 amide bonds. The smallest absolute Gasteiger partial charge is 0.0764 e. The quantitative estimate of drug-likeness (QED) is 0.941. The molecular weight excluding hydrogens is 270 g/mol. The zero-order valence-electron chi connectivity index (χ0n) is 11.9. The van der Waals surface area contributed by atoms with Gasteiger partial charge in [0.25, 0.3) is 0 Å². The lowest BCUT2D eigenvalue weighted by molar-refractivity contribution is 0.276. The van der Waals surface area contributed by atoms with Crippen molar-refractivity contribution in [2.45, 2.75) is 12.5 Å². The summed E-state index contributed by atoms with van der Waals surface area (Å²) in [6.07, 6.45) is 3.07. The number of benzene rings is 1. The van der Waals surface area contributed by atoms with Crippen molar-refractivity contribution in [1.29, 1.82) is 0 Å². The van der Waals surface area contributed by atoms with Crippen LogP contribution < -0.4 is 5.32 Å². The predicted molar refractivity (Wildman–Crippen MR) is 84.2 cm³/mol. The first-order chi connectivity index (χ1) is 9.72. The highest BCUT2D eigenvalue weighted by atomic mass is 35.5. The topological polar surface area (TPSA) is 28.2 Å². The van der Waals surface area contributed by atoms with E-state index in [1.807, 2.05) is 25.4 Å². The summed E-state index contributed by atoms with van der Waals surface area (Å²) in [7, 11) is 4.22. The molecule has 3 nitrogen and oxygen atoms in total. The first-order valence-electron chi connectivity index (χ1n) is 7.10. The predicted octanol–water partition coefficient (Wildman–Crippen LogP) is 3.10. The molecule has 1 fully saturated rings. The fraction of sp³-hybridized carbons (Fsp3) is 0.438. The van der Waals surface area contributed by atoms with Gasteiger partial charge in [-0.05, 0) is 63.3 Å². The molecule has 1 aliphatic heterocycles. The summed E-state index contributed by atoms with van der Waals surface area (Å²) in [5, 5.41) is 5.15. The standard InChI is InChI=1S/C16H20ClN3/c1-18-10-11-7-9-20(2)16(11)13-5-6-14(17)12-4-3-8-19-15(12)13/h3-6,8,11,16,18H,7,9-10H2,1-2H3. The summed E-state index contributed by atoms with van der Waals surface area (Å²) in [4.78, 5) is 7.01. The molecule has 1 saturated heterocycles. The molecule has 2 aromatic rings. The Morgan fingerprint density at radius 3 is 3.05 bits per heavy atom. The average Bonchev–Trinajstić information content (AvgIpc) is 2.82. The molecule has 0 spiro atoms. The van der Waals surface area contributed by atoms with Crippen molar-refractivity contribution in [2.24, 2.45) is 5.92 Å². The van der Waals surface area contributed by atoms with Crippen LogP contribution in [0.15, 0.2) is 30.5 Å². The van der Waals surface area contributed by atoms with E-state index < -0.39 is 0 Å². The van der Waals surface area contributed by atoms with Gasteiger partial charge in [0.1, 0.15) is 0 Å². The second kappa shape index (κ2) is 5.68. The van der Waals surface area contributed by atoms with Crippen molar-refractivity contribution in [2.75, 3.05) is 27.2 Å². The summed E-state index contributed by atoms with van der Waals surface area (Å²) < 4.78 is 0. The van der Waals surface area contributed by atoms with Crippen LogP contribution in [0, 0.1) is 5.92 Å². The van der Waals surface area contributed by atoms with Gasteiger partial charge in [0.05, 0.1) is 5.52 Å². The number of rotatable bonds is 3. The number of hydrogen-bond donors (Lipinski definition) is 1. The molecule has 0 saturated carbocycles. The molecule has 0 aliphatic carbocycles. The number of likely N-dealkylation sites (tertiary alicyclic amines) is 1. The van der Waals surface area contributed by atoms with E-state index in [-0.39, 0.29) is 0 Å². The lowest BCUT2D eigenvalue weighted by Crippen LogP contribution is -2.27. The fourth-order valence-corrected chi connectivity index (χ4v) is 3.61. The maximum Gasteiger partial charge on any atom is 0.0764 e. The number of fused-ring (bicyclic) bond motifs is 1. The number of halogens is 1. The average molecular weight is 290 g/mol. The van der Waals surface area contributed by atoms with Crippen LogP contribution in [-0.2, 0) is 0 Å². The van der Waals surface area contributed by atoms with Crippen molar-refractivity contribution in [3.05, 3.63) is 41.0 Å². The van der Waals surface area contributed by atoms with Gasteiger partial charge in [-0.3, -0.25) is 9.88 Å². The second-order valence-electron chi connectivity index (χ2n) is 5.57. The number of hydrogen-bond acceptors (Lipinski definition) is 3. The molecule has 3 rings (SSSR count). The van der Waals surface area contributed by atoms with Crippen LogP contribution in [0.1, 0.15) is 18.0 Å². The highest BCUT2D eigenvalue weighted by Crippen LogP contribution is 2.39. The summed E-state index contributed by atoms with van der Waals surface area (Å²) in [5.41, 5.74) is 2.34. The Bertz CT molecular complexity index is 612. The van der Waals surface area contributed by atoms with Crippen molar-refractivity contribution >= 4 is 22.5 Å². The minimum atomic E-state index is 0.414. The molecule has 2 unspecified atom stereocenters. The van der Waals surface area contributed by atoms with Gasteiger partial charge in [0.2, 0.25) is 0 Å². The third kappa shape index (κ3) is 2.30. The van der Waals surface area contributed by atoms with E-state index in [9.17, 15) is 0 Å². The van der Waals surface area contributed by atoms with Gasteiger partial charge in [0, 0.05) is 22.6 Å². The lowest BCUT2D eigenvalue weighted by atomic mass is 9.92. The summed E-state index contributed by atoms with van der Waals surface area (Å²) in [6.45, 7) is 2.17. The zero-order valence-corrected chi connectivity index (χ0v) is 12.7. The first kappa shape index (κ1) is 13.8. The van der Waals surface area contributed by atoms with Crippen LogP contribution in [0.5, 0.6) is 0 Å². The van der Waals surface area contributed by atoms with Crippen LogP contribution >= 0.6 is 11.6 Å². The van der Waals surface area contributed by atoms with E-state index in [1.54, 1.807) is 0 Å². The molecular formula is C16H20ClN3. The summed E-state index contributed by atoms with van der Waals surface area (Å²) in [5.74, 6) is 0.622. The van der Waals surface area contributed by atoms with E-state index >= 15 is 0 Å². The largest absolute Gasteiger partial charge is 0.319 e. The monoisotopic (exact) mass is 289 g/mol. The van der Waals surface area contributed by atoms with Gasteiger partial charge in [-0.2, -0.15) is 0 Å². The SMILES string of the molecule is CNCC1CCN(C)C1c1ccc(Cl)c2cccnc12. The maximum absolute atomic E-state index is 6.30. The van der Waals surface area contributed by atoms with E-state index in [4.69, 9.17) is 11.6 Å². The van der Waals surface area contributed by atoms with Gasteiger partial charge >= 0.3 is 0 Å². The van der Waals surface area contributed by atoms with Crippen LogP contribution in [-0.4, -0.2) is 37.1 Å². The van der Waals surface area contributed by atoms with E-state index in [2.05, 4.69) is 34.4 Å². The van der Waals surface area contributed by atoms with Gasteiger partial charge in [0.15, 0.2) is 0 Å². The number of aromatic nitrogens is 1. The molecule has 1 aliphatic rings. The highest BCUT2D eigenvalue weighted by molar-refractivity contribution is 6.35. The fourth-order valence-electron chi connectivity index (χ4n) is 3.39. The van der Waals surface area contributed by atoms with Crippen LogP contribution in [0.25, 0.3) is 10.9 Å². The molecule has 0 bridgehead atoms. The third-order valence-electron chi connectivity index (χ3n) is 4.31. The maximum atomic E-state index is 6.30. The second-order valence-corrected chi connectivity index (χ2v) is 5.98. The molecule has 1 aromatic carbocycles. The van der Waals surface area contributed by atoms with Gasteiger partial charge < -0.3 is 5.32 Å². The Balaban J connectivity index is 2.11. The molecule has 0 radical (unpaired) electrons. The normalized spacial score (nSPS) is 23.6. The summed E-state index contributed by atoms with van der Waals surface area (Å²) in [6, 6.07) is 8.56. The minimum absolute atomic E-state index is 0.414. The number of nitrogens with zero attached hydrogens (tertiary/aromatic N) is 2. The highest BCUT2D eigenvalue weighted by Gasteiger charge is 2.33. The van der Waals surface area contributed by atoms with Crippen LogP contribution in [0.2, 0.25) is 5.02 Å². The van der Waals surface area contributed by atoms with E-state index in [1.165, 1.54) is 12.0 Å². The zero-order chi connectivity index (χ0) is 14.1. The molecule has 106 valence electrons. The van der Waals surface area contributed by atoms with E-state index in [0.717, 1.165) is 29.0 Å². The van der Waals surface area contributed by atoms with Crippen molar-refractivity contribution < 1.29 is 0 Å². The molecule has 20 heavy (non-hydrogen) atoms. The van der Waals surface area contributed by atoms with Crippen molar-refractivity contribution in [1.82, 2.24) is 15.2 Å². The van der Waals surface area contributed by atoms with Crippen molar-refractivity contribution in [3.8, 4) is 0 Å². The molecule has 2 heterocycles. The molecule has 2 atom stereocenters. The van der Waals surface area contributed by atoms with Crippen molar-refractivity contribution in [3.63, 3.8) is 0 Å². The third-order valence-corrected chi connectivity index (χ3v) is 4.64. The first-order valence-corrected chi connectivity index (χ1v) is 7.48. The Hall–Kier alpha value is -1.16. The molecule has 1 N–H and O–H groups in total. The Morgan fingerprint density at radius 1 is 1.40 bits per heavy atom. The Kier molecular flexibility index (Phi) is 3.92.